The summed E-state index contributed by atoms with van der Waals surface area (Å²) < 4.78 is 1.03. The molecule has 0 amide bonds. The van der Waals surface area contributed by atoms with Gasteiger partial charge in [0.2, 0.25) is 5.88 Å². The first kappa shape index (κ1) is 17.8. The highest BCUT2D eigenvalue weighted by Crippen LogP contribution is 2.35. The number of hydrogen-bond acceptors (Lipinski definition) is 4. The molecular formula is C21H17ClN4O3. The van der Waals surface area contributed by atoms with Crippen LogP contribution in [0.3, 0.4) is 0 Å². The standard InChI is InChI=1S/C21H17ClN4O3/c22-13-6-2-4-8-15(13)26-20(28)16(19(27)25-21(26)29)18-17-12(9-10-23-18)11-5-1-3-7-14(11)24-17/h1-8,18,23-24,28H,9-10H2,(H,25,27,29). The second kappa shape index (κ2) is 6.65. The number of aromatic nitrogens is 3. The van der Waals surface area contributed by atoms with Crippen molar-refractivity contribution in [3.05, 3.63) is 91.2 Å². The van der Waals surface area contributed by atoms with Crippen LogP contribution >= 0.6 is 11.6 Å². The molecule has 146 valence electrons. The number of benzene rings is 2. The van der Waals surface area contributed by atoms with E-state index in [0.29, 0.717) is 12.2 Å². The zero-order chi connectivity index (χ0) is 20.1. The molecule has 0 radical (unpaired) electrons. The first-order valence-electron chi connectivity index (χ1n) is 9.22. The van der Waals surface area contributed by atoms with Crippen molar-refractivity contribution < 1.29 is 5.11 Å². The van der Waals surface area contributed by atoms with E-state index < -0.39 is 23.2 Å². The lowest BCUT2D eigenvalue weighted by atomic mass is 9.95. The molecule has 8 heteroatoms. The van der Waals surface area contributed by atoms with Gasteiger partial charge in [-0.15, -0.1) is 0 Å². The number of para-hydroxylation sites is 2. The fourth-order valence-corrected chi connectivity index (χ4v) is 4.30. The van der Waals surface area contributed by atoms with Crippen molar-refractivity contribution in [2.24, 2.45) is 0 Å². The lowest BCUT2D eigenvalue weighted by Gasteiger charge is -2.25. The molecule has 2 aromatic heterocycles. The first-order chi connectivity index (χ1) is 14.1. The second-order valence-electron chi connectivity index (χ2n) is 6.98. The van der Waals surface area contributed by atoms with Gasteiger partial charge in [-0.1, -0.05) is 41.9 Å². The Labute approximate surface area is 169 Å². The summed E-state index contributed by atoms with van der Waals surface area (Å²) in [5.41, 5.74) is 1.83. The Kier molecular flexibility index (Phi) is 4.08. The number of H-pyrrole nitrogens is 2. The van der Waals surface area contributed by atoms with Gasteiger partial charge in [-0.3, -0.25) is 9.78 Å². The lowest BCUT2D eigenvalue weighted by molar-refractivity contribution is 0.410. The van der Waals surface area contributed by atoms with Gasteiger partial charge >= 0.3 is 5.69 Å². The number of aromatic hydroxyl groups is 1. The van der Waals surface area contributed by atoms with Crippen molar-refractivity contribution in [2.45, 2.75) is 12.5 Å². The maximum Gasteiger partial charge on any atom is 0.335 e. The summed E-state index contributed by atoms with van der Waals surface area (Å²) in [4.78, 5) is 30.9. The molecule has 0 aliphatic carbocycles. The van der Waals surface area contributed by atoms with Gasteiger partial charge in [0.1, 0.15) is 5.56 Å². The molecule has 1 aliphatic rings. The summed E-state index contributed by atoms with van der Waals surface area (Å²) in [7, 11) is 0. The molecule has 7 nitrogen and oxygen atoms in total. The summed E-state index contributed by atoms with van der Waals surface area (Å²) in [6.07, 6.45) is 0.790. The molecule has 4 aromatic rings. The number of nitrogens with one attached hydrogen (secondary N) is 3. The van der Waals surface area contributed by atoms with Gasteiger partial charge in [0.25, 0.3) is 5.56 Å². The van der Waals surface area contributed by atoms with Crippen molar-refractivity contribution >= 4 is 22.5 Å². The average Bonchev–Trinajstić information content (AvgIpc) is 3.09. The third-order valence-corrected chi connectivity index (χ3v) is 5.68. The Balaban J connectivity index is 1.77. The van der Waals surface area contributed by atoms with Crippen LogP contribution in [0.2, 0.25) is 5.02 Å². The van der Waals surface area contributed by atoms with Gasteiger partial charge in [-0.25, -0.2) is 9.36 Å². The largest absolute Gasteiger partial charge is 0.494 e. The summed E-state index contributed by atoms with van der Waals surface area (Å²) in [6.45, 7) is 0.629. The van der Waals surface area contributed by atoms with E-state index in [1.807, 2.05) is 24.3 Å². The molecule has 0 saturated carbocycles. The molecule has 0 spiro atoms. The summed E-state index contributed by atoms with van der Waals surface area (Å²) in [5.74, 6) is -0.434. The molecule has 4 N–H and O–H groups in total. The monoisotopic (exact) mass is 408 g/mol. The molecule has 0 fully saturated rings. The molecule has 3 heterocycles. The molecule has 29 heavy (non-hydrogen) atoms. The fraction of sp³-hybridized carbons (Fsp3) is 0.143. The predicted molar refractivity (Wildman–Crippen MR) is 111 cm³/mol. The maximum absolute atomic E-state index is 12.7. The third-order valence-electron chi connectivity index (χ3n) is 5.36. The topological polar surface area (TPSA) is 103 Å². The number of hydrogen-bond donors (Lipinski definition) is 4. The van der Waals surface area contributed by atoms with Crippen LogP contribution < -0.4 is 16.6 Å². The highest BCUT2D eigenvalue weighted by molar-refractivity contribution is 6.32. The van der Waals surface area contributed by atoms with E-state index >= 15 is 0 Å². The van der Waals surface area contributed by atoms with E-state index in [1.54, 1.807) is 24.3 Å². The minimum absolute atomic E-state index is 0.0667. The zero-order valence-electron chi connectivity index (χ0n) is 15.2. The van der Waals surface area contributed by atoms with E-state index in [-0.39, 0.29) is 10.6 Å². The SMILES string of the molecule is O=c1[nH]c(=O)n(-c2ccccc2Cl)c(O)c1C1NCCc2c1[nH]c1ccccc21. The minimum atomic E-state index is -0.753. The van der Waals surface area contributed by atoms with Gasteiger partial charge in [0.05, 0.1) is 16.8 Å². The highest BCUT2D eigenvalue weighted by Gasteiger charge is 2.31. The minimum Gasteiger partial charge on any atom is -0.494 e. The fourth-order valence-electron chi connectivity index (χ4n) is 4.08. The molecule has 1 aliphatic heterocycles. The van der Waals surface area contributed by atoms with Gasteiger partial charge in [0.15, 0.2) is 0 Å². The molecule has 1 unspecified atom stereocenters. The Bertz CT molecular complexity index is 1370. The summed E-state index contributed by atoms with van der Waals surface area (Å²) in [5, 5.41) is 15.7. The van der Waals surface area contributed by atoms with Crippen LogP contribution in [0.5, 0.6) is 5.88 Å². The van der Waals surface area contributed by atoms with E-state index in [0.717, 1.165) is 33.1 Å². The van der Waals surface area contributed by atoms with Gasteiger partial charge in [-0.2, -0.15) is 0 Å². The summed E-state index contributed by atoms with van der Waals surface area (Å²) >= 11 is 6.23. The normalized spacial score (nSPS) is 16.1. The van der Waals surface area contributed by atoms with Crippen molar-refractivity contribution in [2.75, 3.05) is 6.54 Å². The van der Waals surface area contributed by atoms with Crippen LogP contribution in [-0.2, 0) is 6.42 Å². The van der Waals surface area contributed by atoms with Crippen LogP contribution in [-0.4, -0.2) is 26.2 Å². The highest BCUT2D eigenvalue weighted by atomic mass is 35.5. The maximum atomic E-state index is 12.7. The summed E-state index contributed by atoms with van der Waals surface area (Å²) in [6, 6.07) is 14.0. The molecular weight excluding hydrogens is 392 g/mol. The van der Waals surface area contributed by atoms with Crippen LogP contribution in [0.4, 0.5) is 0 Å². The first-order valence-corrected chi connectivity index (χ1v) is 9.60. The van der Waals surface area contributed by atoms with Gasteiger partial charge in [0, 0.05) is 23.1 Å². The number of rotatable bonds is 2. The van der Waals surface area contributed by atoms with E-state index in [4.69, 9.17) is 11.6 Å². The van der Waals surface area contributed by atoms with E-state index in [1.165, 1.54) is 0 Å². The third kappa shape index (κ3) is 2.70. The average molecular weight is 409 g/mol. The molecule has 1 atom stereocenters. The Hall–Kier alpha value is -3.29. The van der Waals surface area contributed by atoms with E-state index in [9.17, 15) is 14.7 Å². The number of halogens is 1. The Morgan fingerprint density at radius 2 is 1.79 bits per heavy atom. The zero-order valence-corrected chi connectivity index (χ0v) is 16.0. The quantitative estimate of drug-likeness (QED) is 0.409. The van der Waals surface area contributed by atoms with Gasteiger partial charge < -0.3 is 15.4 Å². The lowest BCUT2D eigenvalue weighted by Crippen LogP contribution is -2.38. The number of fused-ring (bicyclic) bond motifs is 3. The number of nitrogens with zero attached hydrogens (tertiary/aromatic N) is 1. The van der Waals surface area contributed by atoms with E-state index in [2.05, 4.69) is 15.3 Å². The van der Waals surface area contributed by atoms with Crippen molar-refractivity contribution in [3.8, 4) is 11.6 Å². The van der Waals surface area contributed by atoms with Crippen LogP contribution in [0, 0.1) is 0 Å². The molecule has 2 aromatic carbocycles. The number of aromatic amines is 2. The van der Waals surface area contributed by atoms with Crippen molar-refractivity contribution in [1.29, 1.82) is 0 Å². The molecule has 0 saturated heterocycles. The van der Waals surface area contributed by atoms with Crippen LogP contribution in [0.15, 0.2) is 58.1 Å². The Morgan fingerprint density at radius 3 is 2.62 bits per heavy atom. The van der Waals surface area contributed by atoms with Gasteiger partial charge in [-0.05, 0) is 30.2 Å². The smallest absolute Gasteiger partial charge is 0.335 e. The van der Waals surface area contributed by atoms with Crippen molar-refractivity contribution in [1.82, 2.24) is 19.9 Å². The molecule has 0 bridgehead atoms. The molecule has 5 rings (SSSR count). The predicted octanol–water partition coefficient (Wildman–Crippen LogP) is 2.60. The van der Waals surface area contributed by atoms with Crippen LogP contribution in [0.1, 0.15) is 22.9 Å². The van der Waals surface area contributed by atoms with Crippen molar-refractivity contribution in [3.63, 3.8) is 0 Å². The Morgan fingerprint density at radius 1 is 1.03 bits per heavy atom. The second-order valence-corrected chi connectivity index (χ2v) is 7.39. The van der Waals surface area contributed by atoms with Crippen LogP contribution in [0.25, 0.3) is 16.6 Å².